The molecule has 2 aromatic carbocycles. The van der Waals surface area contributed by atoms with E-state index in [-0.39, 0.29) is 37.7 Å². The fraction of sp³-hybridized carbons (Fsp3) is 0. The highest BCUT2D eigenvalue weighted by molar-refractivity contribution is 7.80. The molecule has 1 saturated heterocycles. The number of thiocarbonyl (C=S) groups is 1. The monoisotopic (exact) mass is 436 g/mol. The van der Waals surface area contributed by atoms with E-state index in [1.54, 1.807) is 0 Å². The Hall–Kier alpha value is -2.94. The van der Waals surface area contributed by atoms with E-state index in [4.69, 9.17) is 40.5 Å². The summed E-state index contributed by atoms with van der Waals surface area (Å²) < 4.78 is 0. The van der Waals surface area contributed by atoms with Crippen LogP contribution < -0.4 is 10.2 Å². The van der Waals surface area contributed by atoms with Crippen molar-refractivity contribution < 1.29 is 24.6 Å². The van der Waals surface area contributed by atoms with Gasteiger partial charge in [0.2, 0.25) is 0 Å². The SMILES string of the molecule is O=C1NC(=S)N(c2cccc(C(=O)O)c2)C(=O)C1=Cc1cc(Cl)c(O)c(Cl)c1. The lowest BCUT2D eigenvalue weighted by atomic mass is 10.1. The van der Waals surface area contributed by atoms with Crippen molar-refractivity contribution in [3.05, 3.63) is 63.1 Å². The number of carboxylic acids is 1. The first-order valence-electron chi connectivity index (χ1n) is 7.62. The molecular weight excluding hydrogens is 427 g/mol. The number of amides is 2. The molecule has 0 aliphatic carbocycles. The molecule has 1 aliphatic rings. The summed E-state index contributed by atoms with van der Waals surface area (Å²) in [6.07, 6.45) is 1.24. The zero-order valence-corrected chi connectivity index (χ0v) is 16.1. The number of carbonyl (C=O) groups is 3. The van der Waals surface area contributed by atoms with Crippen LogP contribution in [0.5, 0.6) is 5.75 Å². The number of carboxylic acid groups (broad SMARTS) is 1. The second-order valence-electron chi connectivity index (χ2n) is 5.65. The summed E-state index contributed by atoms with van der Waals surface area (Å²) in [6.45, 7) is 0. The molecule has 1 fully saturated rings. The first-order chi connectivity index (χ1) is 13.2. The number of anilines is 1. The normalized spacial score (nSPS) is 15.7. The first-order valence-corrected chi connectivity index (χ1v) is 8.78. The van der Waals surface area contributed by atoms with Gasteiger partial charge in [-0.05, 0) is 54.2 Å². The number of phenols is 1. The Balaban J connectivity index is 2.06. The van der Waals surface area contributed by atoms with Crippen LogP contribution in [-0.4, -0.2) is 33.1 Å². The van der Waals surface area contributed by atoms with Crippen molar-refractivity contribution in [1.29, 1.82) is 0 Å². The molecule has 0 unspecified atom stereocenters. The van der Waals surface area contributed by atoms with Crippen molar-refractivity contribution in [2.45, 2.75) is 0 Å². The van der Waals surface area contributed by atoms with Gasteiger partial charge in [0.15, 0.2) is 10.9 Å². The summed E-state index contributed by atoms with van der Waals surface area (Å²) in [6, 6.07) is 8.22. The maximum Gasteiger partial charge on any atom is 0.335 e. The van der Waals surface area contributed by atoms with Gasteiger partial charge in [-0.25, -0.2) is 4.79 Å². The average molecular weight is 437 g/mol. The molecule has 2 aromatic rings. The molecule has 28 heavy (non-hydrogen) atoms. The molecule has 0 atom stereocenters. The Morgan fingerprint density at radius 3 is 2.39 bits per heavy atom. The maximum absolute atomic E-state index is 12.9. The molecule has 0 radical (unpaired) electrons. The summed E-state index contributed by atoms with van der Waals surface area (Å²) in [5.41, 5.74) is 0.167. The molecule has 7 nitrogen and oxygen atoms in total. The molecule has 0 aromatic heterocycles. The molecule has 3 rings (SSSR count). The number of hydrogen-bond acceptors (Lipinski definition) is 5. The van der Waals surface area contributed by atoms with Gasteiger partial charge >= 0.3 is 5.97 Å². The molecule has 10 heteroatoms. The average Bonchev–Trinajstić information content (AvgIpc) is 2.63. The molecule has 0 saturated carbocycles. The van der Waals surface area contributed by atoms with Gasteiger partial charge in [-0.3, -0.25) is 19.8 Å². The van der Waals surface area contributed by atoms with Crippen molar-refractivity contribution in [3.63, 3.8) is 0 Å². The summed E-state index contributed by atoms with van der Waals surface area (Å²) in [7, 11) is 0. The van der Waals surface area contributed by atoms with Gasteiger partial charge in [-0.1, -0.05) is 29.3 Å². The Kier molecular flexibility index (Phi) is 5.37. The first kappa shape index (κ1) is 19.8. The predicted octanol–water partition coefficient (Wildman–Crippen LogP) is 3.23. The topological polar surface area (TPSA) is 107 Å². The van der Waals surface area contributed by atoms with Crippen LogP contribution in [0.4, 0.5) is 5.69 Å². The van der Waals surface area contributed by atoms with E-state index >= 15 is 0 Å². The van der Waals surface area contributed by atoms with Gasteiger partial charge in [0.05, 0.1) is 21.3 Å². The van der Waals surface area contributed by atoms with Crippen molar-refractivity contribution in [2.75, 3.05) is 4.90 Å². The maximum atomic E-state index is 12.9. The standard InChI is InChI=1S/C18H10Cl2N2O5S/c19-12-5-8(6-13(20)14(12)23)4-11-15(24)21-18(28)22(16(11)25)10-3-1-2-9(7-10)17(26)27/h1-7,23H,(H,26,27)(H,21,24,28). The molecule has 1 aliphatic heterocycles. The fourth-order valence-electron chi connectivity index (χ4n) is 2.51. The van der Waals surface area contributed by atoms with Crippen molar-refractivity contribution >= 4 is 70.1 Å². The van der Waals surface area contributed by atoms with Gasteiger partial charge in [-0.2, -0.15) is 0 Å². The number of hydrogen-bond donors (Lipinski definition) is 3. The van der Waals surface area contributed by atoms with Crippen LogP contribution in [0.15, 0.2) is 42.0 Å². The quantitative estimate of drug-likeness (QED) is 0.387. The molecule has 3 N–H and O–H groups in total. The Bertz CT molecular complexity index is 1060. The number of rotatable bonds is 3. The van der Waals surface area contributed by atoms with Gasteiger partial charge in [0.1, 0.15) is 5.57 Å². The Labute approximate surface area is 173 Å². The highest BCUT2D eigenvalue weighted by Crippen LogP contribution is 2.33. The number of phenolic OH excluding ortho intramolecular Hbond substituents is 1. The molecule has 0 spiro atoms. The van der Waals surface area contributed by atoms with E-state index in [9.17, 15) is 19.5 Å². The molecule has 1 heterocycles. The molecular formula is C18H10Cl2N2O5S. The second kappa shape index (κ2) is 7.59. The fourth-order valence-corrected chi connectivity index (χ4v) is 3.29. The van der Waals surface area contributed by atoms with Crippen LogP contribution in [0.3, 0.4) is 0 Å². The smallest absolute Gasteiger partial charge is 0.335 e. The third-order valence-electron chi connectivity index (χ3n) is 3.80. The number of carbonyl (C=O) groups excluding carboxylic acids is 2. The molecule has 142 valence electrons. The van der Waals surface area contributed by atoms with Crippen LogP contribution in [-0.2, 0) is 9.59 Å². The number of nitrogens with one attached hydrogen (secondary N) is 1. The van der Waals surface area contributed by atoms with Crippen LogP contribution in [0.2, 0.25) is 10.0 Å². The Morgan fingerprint density at radius 1 is 1.14 bits per heavy atom. The number of aromatic hydroxyl groups is 1. The summed E-state index contributed by atoms with van der Waals surface area (Å²) in [5, 5.41) is 20.9. The highest BCUT2D eigenvalue weighted by atomic mass is 35.5. The van der Waals surface area contributed by atoms with Crippen molar-refractivity contribution in [1.82, 2.24) is 5.32 Å². The Morgan fingerprint density at radius 2 is 1.79 bits per heavy atom. The highest BCUT2D eigenvalue weighted by Gasteiger charge is 2.34. The third-order valence-corrected chi connectivity index (χ3v) is 4.66. The van der Waals surface area contributed by atoms with Gasteiger partial charge in [0, 0.05) is 0 Å². The molecule has 2 amide bonds. The van der Waals surface area contributed by atoms with Crippen LogP contribution in [0.25, 0.3) is 6.08 Å². The predicted molar refractivity (Wildman–Crippen MR) is 108 cm³/mol. The van der Waals surface area contributed by atoms with E-state index in [0.717, 1.165) is 4.90 Å². The van der Waals surface area contributed by atoms with E-state index in [2.05, 4.69) is 5.32 Å². The van der Waals surface area contributed by atoms with E-state index in [1.165, 1.54) is 42.5 Å². The lowest BCUT2D eigenvalue weighted by molar-refractivity contribution is -0.122. The number of nitrogens with zero attached hydrogens (tertiary/aromatic N) is 1. The number of halogens is 2. The van der Waals surface area contributed by atoms with Crippen LogP contribution >= 0.6 is 35.4 Å². The number of aromatic carboxylic acids is 1. The second-order valence-corrected chi connectivity index (χ2v) is 6.85. The number of benzene rings is 2. The summed E-state index contributed by atoms with van der Waals surface area (Å²) >= 11 is 16.8. The van der Waals surface area contributed by atoms with Crippen LogP contribution in [0.1, 0.15) is 15.9 Å². The zero-order chi connectivity index (χ0) is 20.6. The van der Waals surface area contributed by atoms with Gasteiger partial charge in [-0.15, -0.1) is 0 Å². The lowest BCUT2D eigenvalue weighted by Gasteiger charge is -2.29. The minimum absolute atomic E-state index is 0.0485. The van der Waals surface area contributed by atoms with E-state index in [0.29, 0.717) is 5.56 Å². The zero-order valence-electron chi connectivity index (χ0n) is 13.8. The lowest BCUT2D eigenvalue weighted by Crippen LogP contribution is -2.54. The van der Waals surface area contributed by atoms with Gasteiger partial charge in [0.25, 0.3) is 11.8 Å². The molecule has 0 bridgehead atoms. The summed E-state index contributed by atoms with van der Waals surface area (Å²) in [4.78, 5) is 37.4. The van der Waals surface area contributed by atoms with Crippen LogP contribution in [0, 0.1) is 0 Å². The van der Waals surface area contributed by atoms with Crippen molar-refractivity contribution in [2.24, 2.45) is 0 Å². The third kappa shape index (κ3) is 3.70. The van der Waals surface area contributed by atoms with Crippen molar-refractivity contribution in [3.8, 4) is 5.75 Å². The van der Waals surface area contributed by atoms with E-state index in [1.807, 2.05) is 0 Å². The minimum Gasteiger partial charge on any atom is -0.505 e. The minimum atomic E-state index is -1.18. The largest absolute Gasteiger partial charge is 0.505 e. The van der Waals surface area contributed by atoms with E-state index < -0.39 is 17.8 Å². The summed E-state index contributed by atoms with van der Waals surface area (Å²) in [5.74, 6) is -2.99. The van der Waals surface area contributed by atoms with Gasteiger partial charge < -0.3 is 10.2 Å².